The summed E-state index contributed by atoms with van der Waals surface area (Å²) in [5.74, 6) is -4.57. The Bertz CT molecular complexity index is 1290. The van der Waals surface area contributed by atoms with Gasteiger partial charge < -0.3 is 24.1 Å². The average molecular weight is 609 g/mol. The van der Waals surface area contributed by atoms with E-state index in [0.717, 1.165) is 6.04 Å². The molecule has 2 heterocycles. The van der Waals surface area contributed by atoms with Crippen LogP contribution in [0.3, 0.4) is 0 Å². The first kappa shape index (κ1) is 33.2. The number of Topliss-reactive ketones (excluding diaryl/α,β-unsaturated/α-hetero) is 1. The number of ether oxygens (including phenoxy) is 3. The van der Waals surface area contributed by atoms with Gasteiger partial charge >= 0.3 is 18.1 Å². The molecule has 2 aromatic rings. The van der Waals surface area contributed by atoms with Crippen LogP contribution >= 0.6 is 0 Å². The second-order valence-corrected chi connectivity index (χ2v) is 18.3. The molecular formula is C29H42F2N4O6Si. The van der Waals surface area contributed by atoms with Gasteiger partial charge in [-0.05, 0) is 57.9 Å². The zero-order chi connectivity index (χ0) is 31.3. The van der Waals surface area contributed by atoms with Gasteiger partial charge in [0.25, 0.3) is 0 Å². The molecule has 1 aliphatic rings. The Morgan fingerprint density at radius 1 is 1.14 bits per heavy atom. The van der Waals surface area contributed by atoms with Gasteiger partial charge in [-0.15, -0.1) is 0 Å². The van der Waals surface area contributed by atoms with Gasteiger partial charge in [-0.2, -0.15) is 8.78 Å². The zero-order valence-electron chi connectivity index (χ0n) is 25.4. The minimum absolute atomic E-state index is 0.0287. The fourth-order valence-electron chi connectivity index (χ4n) is 4.41. The summed E-state index contributed by atoms with van der Waals surface area (Å²) in [6.07, 6.45) is 0.107. The number of imidazole rings is 1. The van der Waals surface area contributed by atoms with E-state index in [-0.39, 0.29) is 35.7 Å². The van der Waals surface area contributed by atoms with Gasteiger partial charge in [0.2, 0.25) is 5.78 Å². The van der Waals surface area contributed by atoms with E-state index in [0.29, 0.717) is 25.3 Å². The van der Waals surface area contributed by atoms with E-state index in [1.165, 1.54) is 25.3 Å². The first-order chi connectivity index (χ1) is 19.5. The number of rotatable bonds is 7. The number of anilines is 1. The molecule has 0 radical (unpaired) electrons. The number of carbonyl (C=O) groups excluding carboxylic acids is 3. The van der Waals surface area contributed by atoms with Gasteiger partial charge in [0, 0.05) is 44.1 Å². The minimum atomic E-state index is -3.66. The fraction of sp³-hybridized carbons (Fsp3) is 0.586. The Labute approximate surface area is 246 Å². The molecular weight excluding hydrogens is 566 g/mol. The summed E-state index contributed by atoms with van der Waals surface area (Å²) in [6, 6.07) is 4.41. The third kappa shape index (κ3) is 9.35. The standard InChI is InChI=1S/C29H42F2N4O6Si/c1-28(2,3)41-27(38)34-22-10-8-9-13-29(30,31)24(36)21-16-19(32-26(37)39-4)11-12-20(21)23-17-35(25(22)33-23)18-40-14-15-42(5,6)7/h11-12,16-17,22H,8-10,13-15,18H2,1-7H3,(H,32,37)(H,34,38)/t22-/m0/s1. The molecule has 1 aliphatic heterocycles. The largest absolute Gasteiger partial charge is 0.453 e. The van der Waals surface area contributed by atoms with Crippen molar-refractivity contribution in [1.82, 2.24) is 14.9 Å². The Morgan fingerprint density at radius 2 is 1.86 bits per heavy atom. The predicted octanol–water partition coefficient (Wildman–Crippen LogP) is 7.00. The van der Waals surface area contributed by atoms with Crippen LogP contribution < -0.4 is 10.6 Å². The van der Waals surface area contributed by atoms with Crippen LogP contribution in [0.2, 0.25) is 25.7 Å². The molecule has 42 heavy (non-hydrogen) atoms. The van der Waals surface area contributed by atoms with Crippen LogP contribution in [0.1, 0.15) is 68.7 Å². The summed E-state index contributed by atoms with van der Waals surface area (Å²) in [7, 11) is -0.188. The van der Waals surface area contributed by atoms with Crippen LogP contribution in [0.25, 0.3) is 11.3 Å². The lowest BCUT2D eigenvalue weighted by Crippen LogP contribution is -2.36. The molecule has 1 aromatic carbocycles. The monoisotopic (exact) mass is 608 g/mol. The number of amides is 2. The first-order valence-electron chi connectivity index (χ1n) is 14.1. The Balaban J connectivity index is 2.11. The molecule has 2 amide bonds. The maximum Gasteiger partial charge on any atom is 0.411 e. The van der Waals surface area contributed by atoms with Crippen LogP contribution in [0.15, 0.2) is 24.4 Å². The van der Waals surface area contributed by atoms with Gasteiger partial charge in [0.05, 0.1) is 18.8 Å². The predicted molar refractivity (Wildman–Crippen MR) is 158 cm³/mol. The number of ketones is 1. The molecule has 0 spiro atoms. The van der Waals surface area contributed by atoms with Crippen molar-refractivity contribution >= 4 is 31.7 Å². The summed E-state index contributed by atoms with van der Waals surface area (Å²) in [4.78, 5) is 42.5. The van der Waals surface area contributed by atoms with E-state index in [4.69, 9.17) is 14.5 Å². The number of nitrogens with zero attached hydrogens (tertiary/aromatic N) is 2. The van der Waals surface area contributed by atoms with Crippen LogP contribution in [-0.4, -0.2) is 60.8 Å². The molecule has 0 saturated heterocycles. The number of alkyl halides is 2. The Hall–Kier alpha value is -3.32. The number of carbonyl (C=O) groups is 3. The number of halogens is 2. The number of aromatic nitrogens is 2. The number of methoxy groups -OCH3 is 1. The first-order valence-corrected chi connectivity index (χ1v) is 17.8. The van der Waals surface area contributed by atoms with Crippen molar-refractivity contribution in [1.29, 1.82) is 0 Å². The number of fused-ring (bicyclic) bond motifs is 4. The molecule has 0 unspecified atom stereocenters. The lowest BCUT2D eigenvalue weighted by Gasteiger charge is -2.24. The topological polar surface area (TPSA) is 121 Å². The van der Waals surface area contributed by atoms with Crippen molar-refractivity contribution in [3.63, 3.8) is 0 Å². The van der Waals surface area contributed by atoms with Crippen LogP contribution in [0, 0.1) is 0 Å². The Morgan fingerprint density at radius 3 is 2.50 bits per heavy atom. The molecule has 2 bridgehead atoms. The normalized spacial score (nSPS) is 17.4. The van der Waals surface area contributed by atoms with Crippen LogP contribution in [0.4, 0.5) is 24.1 Å². The summed E-state index contributed by atoms with van der Waals surface area (Å²) in [5.41, 5.74) is -0.502. The van der Waals surface area contributed by atoms with E-state index in [1.54, 1.807) is 31.5 Å². The van der Waals surface area contributed by atoms with Crippen molar-refractivity contribution in [2.45, 2.75) is 96.4 Å². The van der Waals surface area contributed by atoms with Crippen molar-refractivity contribution < 1.29 is 37.4 Å². The summed E-state index contributed by atoms with van der Waals surface area (Å²) < 4.78 is 48.2. The van der Waals surface area contributed by atoms with Crippen LogP contribution in [0.5, 0.6) is 0 Å². The highest BCUT2D eigenvalue weighted by Gasteiger charge is 2.41. The molecule has 2 N–H and O–H groups in total. The summed E-state index contributed by atoms with van der Waals surface area (Å²) >= 11 is 0. The number of nitrogens with one attached hydrogen (secondary N) is 2. The molecule has 0 aliphatic carbocycles. The van der Waals surface area contributed by atoms with E-state index >= 15 is 8.78 Å². The fourth-order valence-corrected chi connectivity index (χ4v) is 5.16. The molecule has 1 aromatic heterocycles. The van der Waals surface area contributed by atoms with Crippen LogP contribution in [-0.2, 0) is 20.9 Å². The quantitative estimate of drug-likeness (QED) is 0.256. The van der Waals surface area contributed by atoms with E-state index in [2.05, 4.69) is 35.0 Å². The second-order valence-electron chi connectivity index (χ2n) is 12.7. The number of hydrogen-bond acceptors (Lipinski definition) is 7. The summed E-state index contributed by atoms with van der Waals surface area (Å²) in [6.45, 7) is 12.6. The molecule has 232 valence electrons. The molecule has 1 atom stereocenters. The minimum Gasteiger partial charge on any atom is -0.453 e. The molecule has 0 fully saturated rings. The smallest absolute Gasteiger partial charge is 0.411 e. The molecule has 3 rings (SSSR count). The van der Waals surface area contributed by atoms with Crippen molar-refractivity contribution in [2.75, 3.05) is 19.0 Å². The van der Waals surface area contributed by atoms with Gasteiger partial charge in [-0.1, -0.05) is 26.1 Å². The van der Waals surface area contributed by atoms with Crippen molar-refractivity contribution in [3.8, 4) is 11.3 Å². The van der Waals surface area contributed by atoms with Gasteiger partial charge in [-0.3, -0.25) is 10.1 Å². The highest BCUT2D eigenvalue weighted by molar-refractivity contribution is 6.76. The molecule has 10 nitrogen and oxygen atoms in total. The summed E-state index contributed by atoms with van der Waals surface area (Å²) in [5, 5.41) is 5.28. The van der Waals surface area contributed by atoms with E-state index < -0.39 is 50.0 Å². The lowest BCUT2D eigenvalue weighted by atomic mass is 9.94. The Kier molecular flexibility index (Phi) is 10.5. The average Bonchev–Trinajstić information content (AvgIpc) is 3.29. The van der Waals surface area contributed by atoms with Crippen molar-refractivity contribution in [2.24, 2.45) is 0 Å². The second kappa shape index (κ2) is 13.3. The van der Waals surface area contributed by atoms with Gasteiger partial charge in [0.15, 0.2) is 0 Å². The number of benzene rings is 1. The maximum absolute atomic E-state index is 15.2. The van der Waals surface area contributed by atoms with E-state index in [1.807, 2.05) is 0 Å². The molecule has 13 heteroatoms. The van der Waals surface area contributed by atoms with Crippen molar-refractivity contribution in [3.05, 3.63) is 35.8 Å². The number of hydrogen-bond donors (Lipinski definition) is 2. The highest BCUT2D eigenvalue weighted by Crippen LogP contribution is 2.36. The SMILES string of the molecule is COC(=O)Nc1ccc2c(c1)C(=O)C(F)(F)CCCC[C@H](NC(=O)OC(C)(C)C)c1nc-2cn1COCC[Si](C)(C)C. The van der Waals surface area contributed by atoms with Gasteiger partial charge in [0.1, 0.15) is 18.2 Å². The molecule has 0 saturated carbocycles. The lowest BCUT2D eigenvalue weighted by molar-refractivity contribution is 0.00327. The third-order valence-electron chi connectivity index (χ3n) is 6.57. The zero-order valence-corrected chi connectivity index (χ0v) is 26.4. The maximum atomic E-state index is 15.2. The third-order valence-corrected chi connectivity index (χ3v) is 8.28. The number of alkyl carbamates (subject to hydrolysis) is 1. The van der Waals surface area contributed by atoms with Gasteiger partial charge in [-0.25, -0.2) is 14.6 Å². The highest BCUT2D eigenvalue weighted by atomic mass is 28.3. The van der Waals surface area contributed by atoms with E-state index in [9.17, 15) is 14.4 Å².